The number of hydrogen-bond donors (Lipinski definition) is 0. The van der Waals surface area contributed by atoms with Crippen LogP contribution in [0.15, 0.2) is 112 Å². The van der Waals surface area contributed by atoms with Crippen molar-refractivity contribution in [2.24, 2.45) is 0 Å². The Hall–Kier alpha value is -4.56. The number of rotatable bonds is 1. The Bertz CT molecular complexity index is 2060. The van der Waals surface area contributed by atoms with Gasteiger partial charge >= 0.3 is 0 Å². The summed E-state index contributed by atoms with van der Waals surface area (Å²) < 4.78 is 12.7. The van der Waals surface area contributed by atoms with Gasteiger partial charge in [-0.1, -0.05) is 78.9 Å². The summed E-state index contributed by atoms with van der Waals surface area (Å²) in [6, 6.07) is 36.3. The van der Waals surface area contributed by atoms with E-state index in [9.17, 15) is 0 Å². The number of aryl methyl sites for hydroxylation is 1. The molecule has 0 radical (unpaired) electrons. The molecule has 0 bridgehead atoms. The Kier molecular flexibility index (Phi) is 3.62. The summed E-state index contributed by atoms with van der Waals surface area (Å²) in [6.45, 7) is 2.22. The maximum absolute atomic E-state index is 6.45. The van der Waals surface area contributed by atoms with Gasteiger partial charge in [-0.3, -0.25) is 0 Å². The van der Waals surface area contributed by atoms with E-state index in [2.05, 4.69) is 91.9 Å². The summed E-state index contributed by atoms with van der Waals surface area (Å²) in [4.78, 5) is 0. The van der Waals surface area contributed by atoms with E-state index in [1.54, 1.807) is 0 Å². The minimum Gasteiger partial charge on any atom is -0.456 e. The molecular weight excluding hydrogens is 428 g/mol. The number of fused-ring (bicyclic) bond motifs is 8. The van der Waals surface area contributed by atoms with Crippen LogP contribution in [0.25, 0.3) is 76.5 Å². The SMILES string of the molecule is Cc1c2ccccc2c(-c2cccc3oc4cc5c(cc4c23)oc2ccccc25)c2ccccc12. The standard InChI is InChI=1S/C33H20O2/c1-19-20-9-2-4-12-23(20)32(24-13-5-3-10-21(19)24)25-14-8-16-29-33(25)27-18-30-26(17-31(27)35-29)22-11-6-7-15-28(22)34-30/h2-18H,1H3. The molecule has 0 amide bonds. The third-order valence-electron chi connectivity index (χ3n) is 7.46. The maximum Gasteiger partial charge on any atom is 0.136 e. The van der Waals surface area contributed by atoms with Crippen molar-refractivity contribution in [1.29, 1.82) is 0 Å². The third kappa shape index (κ3) is 2.49. The molecule has 0 saturated carbocycles. The smallest absolute Gasteiger partial charge is 0.136 e. The third-order valence-corrected chi connectivity index (χ3v) is 7.46. The number of furan rings is 2. The molecule has 2 aromatic heterocycles. The predicted molar refractivity (Wildman–Crippen MR) is 146 cm³/mol. The van der Waals surface area contributed by atoms with Gasteiger partial charge in [0.25, 0.3) is 0 Å². The Labute approximate surface area is 201 Å². The van der Waals surface area contributed by atoms with Gasteiger partial charge in [0, 0.05) is 21.5 Å². The number of benzene rings is 6. The zero-order valence-corrected chi connectivity index (χ0v) is 19.1. The van der Waals surface area contributed by atoms with Crippen molar-refractivity contribution in [1.82, 2.24) is 0 Å². The molecule has 8 aromatic rings. The van der Waals surface area contributed by atoms with Gasteiger partial charge in [0.15, 0.2) is 0 Å². The van der Waals surface area contributed by atoms with Crippen molar-refractivity contribution >= 4 is 65.4 Å². The first-order valence-electron chi connectivity index (χ1n) is 11.9. The summed E-state index contributed by atoms with van der Waals surface area (Å²) in [5.74, 6) is 0. The lowest BCUT2D eigenvalue weighted by atomic mass is 9.87. The summed E-state index contributed by atoms with van der Waals surface area (Å²) >= 11 is 0. The highest BCUT2D eigenvalue weighted by molar-refractivity contribution is 6.23. The molecule has 0 aliphatic heterocycles. The molecule has 0 N–H and O–H groups in total. The van der Waals surface area contributed by atoms with Crippen molar-refractivity contribution in [2.75, 3.05) is 0 Å². The molecule has 0 fully saturated rings. The highest BCUT2D eigenvalue weighted by Gasteiger charge is 2.19. The molecule has 8 rings (SSSR count). The van der Waals surface area contributed by atoms with Crippen LogP contribution in [0.2, 0.25) is 0 Å². The molecule has 164 valence electrons. The van der Waals surface area contributed by atoms with E-state index >= 15 is 0 Å². The molecule has 2 nitrogen and oxygen atoms in total. The summed E-state index contributed by atoms with van der Waals surface area (Å²) in [5, 5.41) is 9.49. The van der Waals surface area contributed by atoms with Crippen LogP contribution in [0, 0.1) is 6.92 Å². The highest BCUT2D eigenvalue weighted by atomic mass is 16.3. The zero-order chi connectivity index (χ0) is 23.1. The molecule has 35 heavy (non-hydrogen) atoms. The van der Waals surface area contributed by atoms with Gasteiger partial charge in [0.05, 0.1) is 0 Å². The molecular formula is C33H20O2. The molecule has 0 aliphatic rings. The van der Waals surface area contributed by atoms with Crippen LogP contribution in [-0.2, 0) is 0 Å². The van der Waals surface area contributed by atoms with Crippen LogP contribution in [0.5, 0.6) is 0 Å². The van der Waals surface area contributed by atoms with Crippen LogP contribution in [-0.4, -0.2) is 0 Å². The van der Waals surface area contributed by atoms with Crippen molar-refractivity contribution in [3.05, 3.63) is 109 Å². The molecule has 0 saturated heterocycles. The van der Waals surface area contributed by atoms with Crippen LogP contribution in [0.4, 0.5) is 0 Å². The minimum absolute atomic E-state index is 0.882. The first-order chi connectivity index (χ1) is 17.3. The van der Waals surface area contributed by atoms with Crippen LogP contribution in [0.1, 0.15) is 5.56 Å². The van der Waals surface area contributed by atoms with E-state index in [4.69, 9.17) is 8.83 Å². The van der Waals surface area contributed by atoms with Crippen molar-refractivity contribution in [2.45, 2.75) is 6.92 Å². The first-order valence-corrected chi connectivity index (χ1v) is 11.9. The van der Waals surface area contributed by atoms with Gasteiger partial charge < -0.3 is 8.83 Å². The van der Waals surface area contributed by atoms with Crippen LogP contribution in [0.3, 0.4) is 0 Å². The fourth-order valence-electron chi connectivity index (χ4n) is 5.89. The maximum atomic E-state index is 6.45. The Morgan fingerprint density at radius 1 is 0.429 bits per heavy atom. The Balaban J connectivity index is 1.57. The molecule has 0 spiro atoms. The van der Waals surface area contributed by atoms with E-state index in [0.29, 0.717) is 0 Å². The first kappa shape index (κ1) is 18.8. The number of para-hydroxylation sites is 1. The van der Waals surface area contributed by atoms with Gasteiger partial charge in [-0.2, -0.15) is 0 Å². The van der Waals surface area contributed by atoms with Crippen molar-refractivity contribution in [3.8, 4) is 11.1 Å². The summed E-state index contributed by atoms with van der Waals surface area (Å²) in [5.41, 5.74) is 7.30. The second-order valence-electron chi connectivity index (χ2n) is 9.31. The zero-order valence-electron chi connectivity index (χ0n) is 19.1. The lowest BCUT2D eigenvalue weighted by Crippen LogP contribution is -1.90. The second kappa shape index (κ2) is 6.74. The normalized spacial score (nSPS) is 12.1. The molecule has 6 aromatic carbocycles. The molecule has 0 unspecified atom stereocenters. The number of hydrogen-bond acceptors (Lipinski definition) is 2. The van der Waals surface area contributed by atoms with Gasteiger partial charge in [-0.15, -0.1) is 0 Å². The quantitative estimate of drug-likeness (QED) is 0.234. The molecule has 2 heterocycles. The van der Waals surface area contributed by atoms with Crippen molar-refractivity contribution < 1.29 is 8.83 Å². The van der Waals surface area contributed by atoms with Crippen LogP contribution < -0.4 is 0 Å². The van der Waals surface area contributed by atoms with E-state index < -0.39 is 0 Å². The highest BCUT2D eigenvalue weighted by Crippen LogP contribution is 2.45. The lowest BCUT2D eigenvalue weighted by Gasteiger charge is -2.15. The molecule has 2 heteroatoms. The van der Waals surface area contributed by atoms with Gasteiger partial charge in [-0.25, -0.2) is 0 Å². The van der Waals surface area contributed by atoms with E-state index in [1.807, 2.05) is 18.2 Å². The summed E-state index contributed by atoms with van der Waals surface area (Å²) in [6.07, 6.45) is 0. The molecule has 0 aliphatic carbocycles. The molecule has 0 atom stereocenters. The Morgan fingerprint density at radius 3 is 1.71 bits per heavy atom. The van der Waals surface area contributed by atoms with E-state index in [1.165, 1.54) is 38.2 Å². The fourth-order valence-corrected chi connectivity index (χ4v) is 5.89. The van der Waals surface area contributed by atoms with E-state index in [0.717, 1.165) is 43.9 Å². The fraction of sp³-hybridized carbons (Fsp3) is 0.0303. The van der Waals surface area contributed by atoms with Crippen LogP contribution >= 0.6 is 0 Å². The van der Waals surface area contributed by atoms with Gasteiger partial charge in [0.1, 0.15) is 22.3 Å². The van der Waals surface area contributed by atoms with Gasteiger partial charge in [0.2, 0.25) is 0 Å². The minimum atomic E-state index is 0.882. The van der Waals surface area contributed by atoms with Crippen molar-refractivity contribution in [3.63, 3.8) is 0 Å². The van der Waals surface area contributed by atoms with E-state index in [-0.39, 0.29) is 0 Å². The largest absolute Gasteiger partial charge is 0.456 e. The lowest BCUT2D eigenvalue weighted by molar-refractivity contribution is 0.664. The average Bonchev–Trinajstić information content (AvgIpc) is 3.45. The average molecular weight is 449 g/mol. The van der Waals surface area contributed by atoms with Gasteiger partial charge in [-0.05, 0) is 69.4 Å². The monoisotopic (exact) mass is 448 g/mol. The second-order valence-corrected chi connectivity index (χ2v) is 9.31. The summed E-state index contributed by atoms with van der Waals surface area (Å²) in [7, 11) is 0. The Morgan fingerprint density at radius 2 is 0.971 bits per heavy atom. The predicted octanol–water partition coefficient (Wildman–Crippen LogP) is 9.77. The topological polar surface area (TPSA) is 26.3 Å².